The van der Waals surface area contributed by atoms with Crippen molar-refractivity contribution >= 4 is 11.3 Å². The Bertz CT molecular complexity index is 640. The van der Waals surface area contributed by atoms with E-state index in [0.29, 0.717) is 12.3 Å². The van der Waals surface area contributed by atoms with Crippen LogP contribution in [-0.4, -0.2) is 35.6 Å². The summed E-state index contributed by atoms with van der Waals surface area (Å²) in [5, 5.41) is 0. The molecule has 1 aliphatic rings. The van der Waals surface area contributed by atoms with Crippen molar-refractivity contribution in [3.63, 3.8) is 0 Å². The number of hydrogen-bond acceptors (Lipinski definition) is 5. The number of aromatic nitrogens is 1. The summed E-state index contributed by atoms with van der Waals surface area (Å²) in [4.78, 5) is 8.01. The fourth-order valence-corrected chi connectivity index (χ4v) is 4.04. The molecule has 124 valence electrons. The molecule has 1 aromatic heterocycles. The number of ether oxygens (including phenoxy) is 1. The molecule has 0 spiro atoms. The molecule has 2 aromatic rings. The Kier molecular flexibility index (Phi) is 5.25. The first-order chi connectivity index (χ1) is 11.2. The van der Waals surface area contributed by atoms with E-state index in [1.807, 2.05) is 12.4 Å². The SMILES string of the molecule is Cc1ncsc1C(CN)N1CCC(Oc2cccc(F)c2)CC1. The van der Waals surface area contributed by atoms with Gasteiger partial charge >= 0.3 is 0 Å². The zero-order chi connectivity index (χ0) is 16.2. The third-order valence-corrected chi connectivity index (χ3v) is 5.36. The predicted octanol–water partition coefficient (Wildman–Crippen LogP) is 3.13. The van der Waals surface area contributed by atoms with Crippen molar-refractivity contribution in [3.8, 4) is 5.75 Å². The van der Waals surface area contributed by atoms with Gasteiger partial charge in [0.15, 0.2) is 0 Å². The van der Waals surface area contributed by atoms with Crippen LogP contribution in [0, 0.1) is 12.7 Å². The summed E-state index contributed by atoms with van der Waals surface area (Å²) in [5.74, 6) is 0.348. The van der Waals surface area contributed by atoms with Crippen LogP contribution >= 0.6 is 11.3 Å². The van der Waals surface area contributed by atoms with E-state index in [2.05, 4.69) is 9.88 Å². The van der Waals surface area contributed by atoms with Crippen molar-refractivity contribution in [1.29, 1.82) is 0 Å². The first kappa shape index (κ1) is 16.4. The third-order valence-electron chi connectivity index (χ3n) is 4.32. The number of nitrogens with two attached hydrogens (primary N) is 1. The summed E-state index contributed by atoms with van der Waals surface area (Å²) < 4.78 is 19.1. The number of likely N-dealkylation sites (tertiary alicyclic amines) is 1. The highest BCUT2D eigenvalue weighted by atomic mass is 32.1. The maximum absolute atomic E-state index is 13.2. The summed E-state index contributed by atoms with van der Waals surface area (Å²) in [6.45, 7) is 4.49. The van der Waals surface area contributed by atoms with Gasteiger partial charge in [0.2, 0.25) is 0 Å². The summed E-state index contributed by atoms with van der Waals surface area (Å²) in [5.41, 5.74) is 8.96. The second kappa shape index (κ2) is 7.38. The molecule has 1 unspecified atom stereocenters. The average molecular weight is 335 g/mol. The van der Waals surface area contributed by atoms with Crippen molar-refractivity contribution in [1.82, 2.24) is 9.88 Å². The summed E-state index contributed by atoms with van der Waals surface area (Å²) in [6, 6.07) is 6.59. The number of nitrogens with zero attached hydrogens (tertiary/aromatic N) is 2. The normalized spacial score (nSPS) is 18.0. The lowest BCUT2D eigenvalue weighted by atomic mass is 10.0. The zero-order valence-corrected chi connectivity index (χ0v) is 14.1. The molecule has 2 heterocycles. The lowest BCUT2D eigenvalue weighted by Gasteiger charge is -2.36. The van der Waals surface area contributed by atoms with E-state index in [0.717, 1.165) is 31.6 Å². The molecule has 23 heavy (non-hydrogen) atoms. The van der Waals surface area contributed by atoms with Gasteiger partial charge < -0.3 is 10.5 Å². The molecule has 1 atom stereocenters. The van der Waals surface area contributed by atoms with Crippen LogP contribution in [0.1, 0.15) is 29.5 Å². The van der Waals surface area contributed by atoms with Gasteiger partial charge in [-0.1, -0.05) is 6.07 Å². The van der Waals surface area contributed by atoms with Crippen molar-refractivity contribution in [2.75, 3.05) is 19.6 Å². The van der Waals surface area contributed by atoms with Crippen LogP contribution in [0.15, 0.2) is 29.8 Å². The first-order valence-electron chi connectivity index (χ1n) is 7.93. The lowest BCUT2D eigenvalue weighted by Crippen LogP contribution is -2.42. The minimum atomic E-state index is -0.260. The summed E-state index contributed by atoms with van der Waals surface area (Å²) in [6.07, 6.45) is 1.98. The van der Waals surface area contributed by atoms with Gasteiger partial charge in [0.25, 0.3) is 0 Å². The topological polar surface area (TPSA) is 51.4 Å². The molecule has 1 aliphatic heterocycles. The van der Waals surface area contributed by atoms with Crippen molar-refractivity contribution in [3.05, 3.63) is 46.2 Å². The molecule has 1 aromatic carbocycles. The van der Waals surface area contributed by atoms with E-state index in [-0.39, 0.29) is 18.0 Å². The molecular weight excluding hydrogens is 313 g/mol. The van der Waals surface area contributed by atoms with Crippen LogP contribution < -0.4 is 10.5 Å². The van der Waals surface area contributed by atoms with Gasteiger partial charge in [-0.15, -0.1) is 11.3 Å². The van der Waals surface area contributed by atoms with E-state index in [1.165, 1.54) is 17.0 Å². The van der Waals surface area contributed by atoms with Crippen LogP contribution in [0.5, 0.6) is 5.75 Å². The van der Waals surface area contributed by atoms with E-state index >= 15 is 0 Å². The third kappa shape index (κ3) is 3.88. The number of aryl methyl sites for hydroxylation is 1. The van der Waals surface area contributed by atoms with Crippen LogP contribution in [-0.2, 0) is 0 Å². The summed E-state index contributed by atoms with van der Waals surface area (Å²) >= 11 is 1.68. The monoisotopic (exact) mass is 335 g/mol. The summed E-state index contributed by atoms with van der Waals surface area (Å²) in [7, 11) is 0. The van der Waals surface area contributed by atoms with Crippen LogP contribution in [0.25, 0.3) is 0 Å². The quantitative estimate of drug-likeness (QED) is 0.912. The van der Waals surface area contributed by atoms with Crippen molar-refractivity contribution in [2.24, 2.45) is 5.73 Å². The van der Waals surface area contributed by atoms with Gasteiger partial charge in [0.1, 0.15) is 17.7 Å². The van der Waals surface area contributed by atoms with Crippen LogP contribution in [0.3, 0.4) is 0 Å². The molecular formula is C17H22FN3OS. The number of hydrogen-bond donors (Lipinski definition) is 1. The molecule has 0 aliphatic carbocycles. The molecule has 0 radical (unpaired) electrons. The molecule has 0 amide bonds. The Labute approximate surface area is 140 Å². The standard InChI is InChI=1S/C17H22FN3OS/c1-12-17(23-11-20-12)16(10-19)21-7-5-14(6-8-21)22-15-4-2-3-13(18)9-15/h2-4,9,11,14,16H,5-8,10,19H2,1H3. The number of halogens is 1. The molecule has 0 bridgehead atoms. The van der Waals surface area contributed by atoms with E-state index in [1.54, 1.807) is 23.5 Å². The minimum Gasteiger partial charge on any atom is -0.490 e. The molecule has 4 nitrogen and oxygen atoms in total. The average Bonchev–Trinajstić information content (AvgIpc) is 2.96. The minimum absolute atomic E-state index is 0.133. The highest BCUT2D eigenvalue weighted by molar-refractivity contribution is 7.09. The van der Waals surface area contributed by atoms with Crippen molar-refractivity contribution < 1.29 is 9.13 Å². The Balaban J connectivity index is 1.58. The van der Waals surface area contributed by atoms with Gasteiger partial charge in [-0.2, -0.15) is 0 Å². The number of piperidine rings is 1. The molecule has 1 saturated heterocycles. The Morgan fingerprint density at radius 1 is 1.43 bits per heavy atom. The maximum Gasteiger partial charge on any atom is 0.126 e. The fraction of sp³-hybridized carbons (Fsp3) is 0.471. The van der Waals surface area contributed by atoms with Gasteiger partial charge in [0, 0.05) is 30.6 Å². The second-order valence-corrected chi connectivity index (χ2v) is 6.75. The fourth-order valence-electron chi connectivity index (χ4n) is 3.09. The molecule has 0 saturated carbocycles. The highest BCUT2D eigenvalue weighted by Gasteiger charge is 2.28. The van der Waals surface area contributed by atoms with Gasteiger partial charge in [-0.05, 0) is 31.9 Å². The number of thiazole rings is 1. The van der Waals surface area contributed by atoms with E-state index in [9.17, 15) is 4.39 Å². The zero-order valence-electron chi connectivity index (χ0n) is 13.2. The molecule has 3 rings (SSSR count). The van der Waals surface area contributed by atoms with E-state index < -0.39 is 0 Å². The number of benzene rings is 1. The Hall–Kier alpha value is -1.50. The van der Waals surface area contributed by atoms with Gasteiger partial charge in [0.05, 0.1) is 17.2 Å². The predicted molar refractivity (Wildman–Crippen MR) is 90.3 cm³/mol. The second-order valence-electron chi connectivity index (χ2n) is 5.86. The van der Waals surface area contributed by atoms with Gasteiger partial charge in [-0.25, -0.2) is 9.37 Å². The molecule has 6 heteroatoms. The smallest absolute Gasteiger partial charge is 0.126 e. The first-order valence-corrected chi connectivity index (χ1v) is 8.81. The van der Waals surface area contributed by atoms with Crippen LogP contribution in [0.4, 0.5) is 4.39 Å². The number of rotatable bonds is 5. The maximum atomic E-state index is 13.2. The largest absolute Gasteiger partial charge is 0.490 e. The Morgan fingerprint density at radius 2 is 2.22 bits per heavy atom. The molecule has 1 fully saturated rings. The van der Waals surface area contributed by atoms with Crippen molar-refractivity contribution in [2.45, 2.75) is 31.9 Å². The van der Waals surface area contributed by atoms with Crippen LogP contribution in [0.2, 0.25) is 0 Å². The van der Waals surface area contributed by atoms with E-state index in [4.69, 9.17) is 10.5 Å². The lowest BCUT2D eigenvalue weighted by molar-refractivity contribution is 0.0775. The van der Waals surface area contributed by atoms with Gasteiger partial charge in [-0.3, -0.25) is 4.90 Å². The Morgan fingerprint density at radius 3 is 2.83 bits per heavy atom. The molecule has 2 N–H and O–H groups in total. The highest BCUT2D eigenvalue weighted by Crippen LogP contribution is 2.29.